The molecule has 2 aromatic carbocycles. The van der Waals surface area contributed by atoms with E-state index < -0.39 is 6.04 Å². The molecule has 2 amide bonds. The molecule has 0 radical (unpaired) electrons. The Hall–Kier alpha value is -3.09. The Morgan fingerprint density at radius 2 is 1.76 bits per heavy atom. The van der Waals surface area contributed by atoms with Crippen LogP contribution in [0.5, 0.6) is 11.5 Å². The second kappa shape index (κ2) is 12.4. The van der Waals surface area contributed by atoms with Crippen molar-refractivity contribution in [2.24, 2.45) is 0 Å². The third-order valence-electron chi connectivity index (χ3n) is 6.49. The lowest BCUT2D eigenvalue weighted by Gasteiger charge is -2.31. The van der Waals surface area contributed by atoms with E-state index in [2.05, 4.69) is 5.32 Å². The monoisotopic (exact) mass is 470 g/mol. The zero-order valence-electron chi connectivity index (χ0n) is 20.3. The Bertz CT molecular complexity index is 975. The molecule has 184 valence electrons. The molecule has 0 unspecified atom stereocenters. The minimum atomic E-state index is -0.709. The number of halogens is 1. The smallest absolute Gasteiger partial charge is 0.242 e. The van der Waals surface area contributed by atoms with Crippen LogP contribution in [0, 0.1) is 5.82 Å². The van der Waals surface area contributed by atoms with Crippen LogP contribution in [-0.4, -0.2) is 43.0 Å². The first-order valence-electron chi connectivity index (χ1n) is 12.0. The average molecular weight is 471 g/mol. The summed E-state index contributed by atoms with van der Waals surface area (Å²) in [5, 5.41) is 3.10. The van der Waals surface area contributed by atoms with Crippen molar-refractivity contribution in [2.75, 3.05) is 14.2 Å². The van der Waals surface area contributed by atoms with Gasteiger partial charge >= 0.3 is 0 Å². The number of nitrogens with zero attached hydrogens (tertiary/aromatic N) is 1. The van der Waals surface area contributed by atoms with Crippen molar-refractivity contribution in [1.82, 2.24) is 10.2 Å². The van der Waals surface area contributed by atoms with Crippen molar-refractivity contribution < 1.29 is 23.5 Å². The number of carbonyl (C=O) groups excluding carboxylic acids is 2. The van der Waals surface area contributed by atoms with E-state index >= 15 is 0 Å². The summed E-state index contributed by atoms with van der Waals surface area (Å²) < 4.78 is 25.0. The number of rotatable bonds is 10. The number of methoxy groups -OCH3 is 2. The van der Waals surface area contributed by atoms with Gasteiger partial charge in [0.05, 0.1) is 14.2 Å². The third-order valence-corrected chi connectivity index (χ3v) is 6.49. The number of hydrogen-bond donors (Lipinski definition) is 1. The highest BCUT2D eigenvalue weighted by atomic mass is 19.1. The fraction of sp³-hybridized carbons (Fsp3) is 0.481. The van der Waals surface area contributed by atoms with Crippen LogP contribution < -0.4 is 14.8 Å². The number of amides is 2. The second-order valence-corrected chi connectivity index (χ2v) is 8.82. The lowest BCUT2D eigenvalue weighted by molar-refractivity contribution is -0.141. The first-order chi connectivity index (χ1) is 16.4. The summed E-state index contributed by atoms with van der Waals surface area (Å²) in [7, 11) is 3.14. The number of nitrogens with one attached hydrogen (secondary N) is 1. The van der Waals surface area contributed by atoms with Gasteiger partial charge in [0.2, 0.25) is 11.8 Å². The predicted molar refractivity (Wildman–Crippen MR) is 129 cm³/mol. The summed E-state index contributed by atoms with van der Waals surface area (Å²) in [6.45, 7) is 1.75. The van der Waals surface area contributed by atoms with Crippen molar-refractivity contribution in [3.8, 4) is 11.5 Å². The fourth-order valence-corrected chi connectivity index (χ4v) is 4.39. The molecule has 3 rings (SSSR count). The highest BCUT2D eigenvalue weighted by Crippen LogP contribution is 2.28. The average Bonchev–Trinajstić information content (AvgIpc) is 2.86. The summed E-state index contributed by atoms with van der Waals surface area (Å²) in [6.07, 6.45) is 5.95. The van der Waals surface area contributed by atoms with Gasteiger partial charge in [-0.05, 0) is 49.9 Å². The second-order valence-electron chi connectivity index (χ2n) is 8.82. The molecular weight excluding hydrogens is 435 g/mol. The summed E-state index contributed by atoms with van der Waals surface area (Å²) in [6, 6.07) is 11.3. The molecule has 1 atom stereocenters. The van der Waals surface area contributed by atoms with Gasteiger partial charge in [-0.25, -0.2) is 4.39 Å². The van der Waals surface area contributed by atoms with Crippen LogP contribution in [0.3, 0.4) is 0 Å². The van der Waals surface area contributed by atoms with Gasteiger partial charge in [-0.2, -0.15) is 0 Å². The summed E-state index contributed by atoms with van der Waals surface area (Å²) in [4.78, 5) is 27.8. The van der Waals surface area contributed by atoms with Crippen LogP contribution in [-0.2, 0) is 22.6 Å². The minimum Gasteiger partial charge on any atom is -0.493 e. The molecule has 6 nitrogen and oxygen atoms in total. The van der Waals surface area contributed by atoms with Crippen molar-refractivity contribution in [2.45, 2.75) is 70.5 Å². The predicted octanol–water partition coefficient (Wildman–Crippen LogP) is 4.64. The topological polar surface area (TPSA) is 67.9 Å². The largest absolute Gasteiger partial charge is 0.493 e. The van der Waals surface area contributed by atoms with E-state index in [4.69, 9.17) is 9.47 Å². The minimum absolute atomic E-state index is 0.0384. The van der Waals surface area contributed by atoms with Crippen LogP contribution >= 0.6 is 0 Å². The van der Waals surface area contributed by atoms with Crippen molar-refractivity contribution >= 4 is 11.8 Å². The Kier molecular flexibility index (Phi) is 9.31. The molecule has 0 spiro atoms. The van der Waals surface area contributed by atoms with E-state index in [1.165, 1.54) is 17.4 Å². The normalized spacial score (nSPS) is 14.8. The maximum absolute atomic E-state index is 14.4. The molecule has 34 heavy (non-hydrogen) atoms. The van der Waals surface area contributed by atoms with Crippen LogP contribution in [0.15, 0.2) is 42.5 Å². The Morgan fingerprint density at radius 3 is 2.44 bits per heavy atom. The first kappa shape index (κ1) is 25.5. The van der Waals surface area contributed by atoms with Crippen LogP contribution in [0.25, 0.3) is 0 Å². The molecule has 0 aromatic heterocycles. The number of aryl methyl sites for hydroxylation is 1. The summed E-state index contributed by atoms with van der Waals surface area (Å²) in [5.74, 6) is 0.426. The number of ether oxygens (including phenoxy) is 2. The molecule has 2 aromatic rings. The van der Waals surface area contributed by atoms with E-state index in [1.54, 1.807) is 45.4 Å². The molecule has 7 heteroatoms. The highest BCUT2D eigenvalue weighted by Gasteiger charge is 2.28. The summed E-state index contributed by atoms with van der Waals surface area (Å²) in [5.41, 5.74) is 1.30. The maximum atomic E-state index is 14.4. The Morgan fingerprint density at radius 1 is 1.06 bits per heavy atom. The summed E-state index contributed by atoms with van der Waals surface area (Å²) >= 11 is 0. The first-order valence-corrected chi connectivity index (χ1v) is 12.0. The van der Waals surface area contributed by atoms with Gasteiger partial charge in [0.1, 0.15) is 11.9 Å². The van der Waals surface area contributed by atoms with Crippen molar-refractivity contribution in [3.63, 3.8) is 0 Å². The number of hydrogen-bond acceptors (Lipinski definition) is 4. The van der Waals surface area contributed by atoms with E-state index in [-0.39, 0.29) is 36.6 Å². The molecule has 0 aliphatic heterocycles. The van der Waals surface area contributed by atoms with E-state index in [0.717, 1.165) is 31.2 Å². The van der Waals surface area contributed by atoms with Gasteiger partial charge in [0.25, 0.3) is 0 Å². The standard InChI is InChI=1S/C27H35FN2O4/c1-19(27(32)29-22-10-5-4-6-11-22)30(18-21-9-7-8-12-23(21)28)26(31)16-14-20-13-15-24(33-2)25(17-20)34-3/h7-9,12-13,15,17,19,22H,4-6,10-11,14,16,18H2,1-3H3,(H,29,32)/t19-/m1/s1. The van der Waals surface area contributed by atoms with Gasteiger partial charge in [-0.1, -0.05) is 43.5 Å². The molecule has 0 heterocycles. The SMILES string of the molecule is COc1ccc(CCC(=O)N(Cc2ccccc2F)[C@H](C)C(=O)NC2CCCCC2)cc1OC. The van der Waals surface area contributed by atoms with Gasteiger partial charge in [-0.3, -0.25) is 9.59 Å². The van der Waals surface area contributed by atoms with Gasteiger partial charge < -0.3 is 19.7 Å². The van der Waals surface area contributed by atoms with Gasteiger partial charge in [0.15, 0.2) is 11.5 Å². The van der Waals surface area contributed by atoms with Crippen LogP contribution in [0.1, 0.15) is 56.6 Å². The zero-order valence-corrected chi connectivity index (χ0v) is 20.3. The molecule has 1 aliphatic carbocycles. The van der Waals surface area contributed by atoms with Crippen LogP contribution in [0.2, 0.25) is 0 Å². The molecule has 0 saturated heterocycles. The van der Waals surface area contributed by atoms with Crippen molar-refractivity contribution in [1.29, 1.82) is 0 Å². The number of carbonyl (C=O) groups is 2. The molecule has 1 aliphatic rings. The lowest BCUT2D eigenvalue weighted by atomic mass is 9.95. The van der Waals surface area contributed by atoms with E-state index in [9.17, 15) is 14.0 Å². The molecule has 1 fully saturated rings. The Balaban J connectivity index is 1.73. The third kappa shape index (κ3) is 6.72. The van der Waals surface area contributed by atoms with E-state index in [0.29, 0.717) is 23.5 Å². The zero-order chi connectivity index (χ0) is 24.5. The molecular formula is C27H35FN2O4. The van der Waals surface area contributed by atoms with Crippen molar-refractivity contribution in [3.05, 3.63) is 59.4 Å². The quantitative estimate of drug-likeness (QED) is 0.549. The molecule has 0 bridgehead atoms. The van der Waals surface area contributed by atoms with Gasteiger partial charge in [-0.15, -0.1) is 0 Å². The maximum Gasteiger partial charge on any atom is 0.242 e. The Labute approximate surface area is 201 Å². The van der Waals surface area contributed by atoms with Gasteiger partial charge in [0, 0.05) is 24.6 Å². The molecule has 1 saturated carbocycles. The number of benzene rings is 2. The van der Waals surface area contributed by atoms with E-state index in [1.807, 2.05) is 12.1 Å². The molecule has 1 N–H and O–H groups in total. The highest BCUT2D eigenvalue weighted by molar-refractivity contribution is 5.87. The fourth-order valence-electron chi connectivity index (χ4n) is 4.39. The lowest BCUT2D eigenvalue weighted by Crippen LogP contribution is -2.50. The van der Waals surface area contributed by atoms with Crippen LogP contribution in [0.4, 0.5) is 4.39 Å².